The Kier molecular flexibility index (Phi) is 3.04. The molecule has 1 aromatic heterocycles. The van der Waals surface area contributed by atoms with Gasteiger partial charge in [-0.3, -0.25) is 0 Å². The summed E-state index contributed by atoms with van der Waals surface area (Å²) in [6, 6.07) is 4.33. The Morgan fingerprint density at radius 2 is 2.32 bits per heavy atom. The van der Waals surface area contributed by atoms with E-state index in [4.69, 9.17) is 4.52 Å². The summed E-state index contributed by atoms with van der Waals surface area (Å²) in [6.07, 6.45) is 0.178. The molecular weight excluding hydrogens is 249 g/mol. The minimum atomic E-state index is -0.382. The summed E-state index contributed by atoms with van der Waals surface area (Å²) in [5.41, 5.74) is 1.50. The summed E-state index contributed by atoms with van der Waals surface area (Å²) in [6.45, 7) is 2.32. The maximum Gasteiger partial charge on any atom is 0.244 e. The standard InChI is InChI=1S/C13H14FN3O2/c1-7-4-8(14)2-3-10(7)12-16-13(19-17-12)11-5-9(18)6-15-11/h2-4,9,11,15,18H,5-6H2,1H3/t9-,11+/m0/s1. The molecule has 100 valence electrons. The first-order chi connectivity index (χ1) is 9.13. The topological polar surface area (TPSA) is 71.2 Å². The highest BCUT2D eigenvalue weighted by Crippen LogP contribution is 2.26. The Bertz CT molecular complexity index is 599. The second-order valence-electron chi connectivity index (χ2n) is 4.77. The molecule has 0 radical (unpaired) electrons. The molecule has 1 aromatic carbocycles. The van der Waals surface area contributed by atoms with Gasteiger partial charge < -0.3 is 14.9 Å². The first-order valence-electron chi connectivity index (χ1n) is 6.15. The van der Waals surface area contributed by atoms with Crippen LogP contribution < -0.4 is 5.32 Å². The SMILES string of the molecule is Cc1cc(F)ccc1-c1noc([C@H]2C[C@H](O)CN2)n1. The molecule has 0 bridgehead atoms. The van der Waals surface area contributed by atoms with E-state index in [1.807, 2.05) is 0 Å². The van der Waals surface area contributed by atoms with Crippen molar-refractivity contribution in [3.8, 4) is 11.4 Å². The normalized spacial score (nSPS) is 22.9. The average Bonchev–Trinajstić information content (AvgIpc) is 2.97. The second kappa shape index (κ2) is 4.71. The molecule has 0 amide bonds. The summed E-state index contributed by atoms with van der Waals surface area (Å²) in [4.78, 5) is 4.31. The van der Waals surface area contributed by atoms with Crippen molar-refractivity contribution in [3.63, 3.8) is 0 Å². The van der Waals surface area contributed by atoms with Crippen molar-refractivity contribution in [2.75, 3.05) is 6.54 Å². The van der Waals surface area contributed by atoms with Gasteiger partial charge in [0.2, 0.25) is 11.7 Å². The lowest BCUT2D eigenvalue weighted by Crippen LogP contribution is -2.15. The van der Waals surface area contributed by atoms with E-state index >= 15 is 0 Å². The zero-order valence-corrected chi connectivity index (χ0v) is 10.4. The number of β-amino-alcohol motifs (C(OH)–C–C–N with tert-alkyl or cyclic N) is 1. The van der Waals surface area contributed by atoms with Crippen molar-refractivity contribution in [2.24, 2.45) is 0 Å². The predicted octanol–water partition coefficient (Wildman–Crippen LogP) is 1.58. The number of benzene rings is 1. The van der Waals surface area contributed by atoms with Crippen LogP contribution >= 0.6 is 0 Å². The molecule has 0 unspecified atom stereocenters. The third kappa shape index (κ3) is 2.36. The van der Waals surface area contributed by atoms with Crippen LogP contribution in [0.5, 0.6) is 0 Å². The van der Waals surface area contributed by atoms with E-state index in [2.05, 4.69) is 15.5 Å². The van der Waals surface area contributed by atoms with E-state index in [0.29, 0.717) is 24.7 Å². The molecule has 0 aliphatic carbocycles. The summed E-state index contributed by atoms with van der Waals surface area (Å²) in [5.74, 6) is 0.608. The fourth-order valence-corrected chi connectivity index (χ4v) is 2.27. The highest BCUT2D eigenvalue weighted by molar-refractivity contribution is 5.59. The molecule has 1 saturated heterocycles. The molecule has 1 aliphatic heterocycles. The smallest absolute Gasteiger partial charge is 0.244 e. The molecule has 1 fully saturated rings. The molecule has 2 aromatic rings. The number of aromatic nitrogens is 2. The first kappa shape index (κ1) is 12.3. The van der Waals surface area contributed by atoms with Crippen LogP contribution in [0.15, 0.2) is 22.7 Å². The van der Waals surface area contributed by atoms with Gasteiger partial charge in [-0.2, -0.15) is 4.98 Å². The number of hydrogen-bond acceptors (Lipinski definition) is 5. The van der Waals surface area contributed by atoms with Gasteiger partial charge in [-0.25, -0.2) is 4.39 Å². The van der Waals surface area contributed by atoms with Crippen molar-refractivity contribution in [1.82, 2.24) is 15.5 Å². The maximum atomic E-state index is 13.1. The van der Waals surface area contributed by atoms with Crippen LogP contribution in [0.1, 0.15) is 23.9 Å². The number of aliphatic hydroxyl groups is 1. The average molecular weight is 263 g/mol. The molecule has 0 spiro atoms. The van der Waals surface area contributed by atoms with Gasteiger partial charge in [0, 0.05) is 12.1 Å². The zero-order valence-electron chi connectivity index (χ0n) is 10.4. The third-order valence-corrected chi connectivity index (χ3v) is 3.28. The van der Waals surface area contributed by atoms with Gasteiger partial charge in [0.1, 0.15) is 5.82 Å². The number of nitrogens with zero attached hydrogens (tertiary/aromatic N) is 2. The summed E-state index contributed by atoms with van der Waals surface area (Å²) in [5, 5.41) is 16.5. The van der Waals surface area contributed by atoms with Crippen molar-refractivity contribution in [2.45, 2.75) is 25.5 Å². The lowest BCUT2D eigenvalue weighted by molar-refractivity contribution is 0.191. The largest absolute Gasteiger partial charge is 0.392 e. The maximum absolute atomic E-state index is 13.1. The number of hydrogen-bond donors (Lipinski definition) is 2. The molecule has 3 rings (SSSR count). The van der Waals surface area contributed by atoms with Gasteiger partial charge >= 0.3 is 0 Å². The molecule has 6 heteroatoms. The van der Waals surface area contributed by atoms with Crippen LogP contribution in [-0.2, 0) is 0 Å². The van der Waals surface area contributed by atoms with E-state index in [1.165, 1.54) is 12.1 Å². The van der Waals surface area contributed by atoms with Crippen LogP contribution in [0.25, 0.3) is 11.4 Å². The third-order valence-electron chi connectivity index (χ3n) is 3.28. The number of aryl methyl sites for hydroxylation is 1. The van der Waals surface area contributed by atoms with Gasteiger partial charge in [-0.15, -0.1) is 0 Å². The first-order valence-corrected chi connectivity index (χ1v) is 6.15. The van der Waals surface area contributed by atoms with Gasteiger partial charge in [0.25, 0.3) is 0 Å². The van der Waals surface area contributed by atoms with E-state index in [1.54, 1.807) is 13.0 Å². The van der Waals surface area contributed by atoms with E-state index < -0.39 is 0 Å². The number of nitrogens with one attached hydrogen (secondary N) is 1. The monoisotopic (exact) mass is 263 g/mol. The Hall–Kier alpha value is -1.79. The Labute approximate surface area is 109 Å². The van der Waals surface area contributed by atoms with Crippen LogP contribution in [0.4, 0.5) is 4.39 Å². The van der Waals surface area contributed by atoms with Gasteiger partial charge in [0.05, 0.1) is 12.1 Å². The molecule has 2 atom stereocenters. The summed E-state index contributed by atoms with van der Waals surface area (Å²) >= 11 is 0. The molecule has 5 nitrogen and oxygen atoms in total. The molecular formula is C13H14FN3O2. The molecule has 2 heterocycles. The Morgan fingerprint density at radius 3 is 3.00 bits per heavy atom. The van der Waals surface area contributed by atoms with Crippen molar-refractivity contribution >= 4 is 0 Å². The fourth-order valence-electron chi connectivity index (χ4n) is 2.27. The highest BCUT2D eigenvalue weighted by atomic mass is 19.1. The quantitative estimate of drug-likeness (QED) is 0.860. The van der Waals surface area contributed by atoms with Crippen molar-refractivity contribution in [1.29, 1.82) is 0 Å². The number of halogens is 1. The van der Waals surface area contributed by atoms with E-state index in [9.17, 15) is 9.50 Å². The van der Waals surface area contributed by atoms with E-state index in [-0.39, 0.29) is 18.0 Å². The van der Waals surface area contributed by atoms with Crippen LogP contribution in [-0.4, -0.2) is 27.9 Å². The van der Waals surface area contributed by atoms with Crippen LogP contribution in [0.2, 0.25) is 0 Å². The molecule has 2 N–H and O–H groups in total. The molecule has 19 heavy (non-hydrogen) atoms. The van der Waals surface area contributed by atoms with Crippen molar-refractivity contribution in [3.05, 3.63) is 35.5 Å². The number of rotatable bonds is 2. The highest BCUT2D eigenvalue weighted by Gasteiger charge is 2.28. The zero-order chi connectivity index (χ0) is 13.4. The molecule has 0 saturated carbocycles. The lowest BCUT2D eigenvalue weighted by atomic mass is 10.1. The number of aliphatic hydroxyl groups excluding tert-OH is 1. The minimum Gasteiger partial charge on any atom is -0.392 e. The lowest BCUT2D eigenvalue weighted by Gasteiger charge is -2.02. The van der Waals surface area contributed by atoms with Crippen LogP contribution in [0, 0.1) is 12.7 Å². The van der Waals surface area contributed by atoms with Gasteiger partial charge in [-0.1, -0.05) is 5.16 Å². The predicted molar refractivity (Wildman–Crippen MR) is 65.8 cm³/mol. The van der Waals surface area contributed by atoms with Crippen molar-refractivity contribution < 1.29 is 14.0 Å². The Balaban J connectivity index is 1.88. The van der Waals surface area contributed by atoms with E-state index in [0.717, 1.165) is 11.1 Å². The summed E-state index contributed by atoms with van der Waals surface area (Å²) < 4.78 is 18.3. The minimum absolute atomic E-state index is 0.114. The Morgan fingerprint density at radius 1 is 1.47 bits per heavy atom. The second-order valence-corrected chi connectivity index (χ2v) is 4.77. The van der Waals surface area contributed by atoms with Gasteiger partial charge in [0.15, 0.2) is 0 Å². The fraction of sp³-hybridized carbons (Fsp3) is 0.385. The summed E-state index contributed by atoms with van der Waals surface area (Å²) in [7, 11) is 0. The van der Waals surface area contributed by atoms with Crippen LogP contribution in [0.3, 0.4) is 0 Å². The van der Waals surface area contributed by atoms with Gasteiger partial charge in [-0.05, 0) is 37.1 Å². The molecule has 1 aliphatic rings.